The van der Waals surface area contributed by atoms with Crippen LogP contribution in [0.1, 0.15) is 18.7 Å². The van der Waals surface area contributed by atoms with Crippen molar-refractivity contribution in [2.24, 2.45) is 0 Å². The van der Waals surface area contributed by atoms with E-state index in [2.05, 4.69) is 10.3 Å². The molecule has 1 amide bonds. The Morgan fingerprint density at radius 1 is 1.56 bits per heavy atom. The van der Waals surface area contributed by atoms with E-state index in [1.165, 1.54) is 17.2 Å². The van der Waals surface area contributed by atoms with Gasteiger partial charge in [-0.3, -0.25) is 9.78 Å². The molecule has 1 heterocycles. The molecule has 1 atom stereocenters. The summed E-state index contributed by atoms with van der Waals surface area (Å²) in [6.07, 6.45) is 1.17. The minimum Gasteiger partial charge on any atom is -0.348 e. The Balaban J connectivity index is 2.49. The van der Waals surface area contributed by atoms with Crippen molar-refractivity contribution < 1.29 is 9.18 Å². The number of halogens is 1. The Hall–Kier alpha value is -1.49. The van der Waals surface area contributed by atoms with Gasteiger partial charge in [-0.05, 0) is 19.1 Å². The van der Waals surface area contributed by atoms with Gasteiger partial charge in [-0.1, -0.05) is 0 Å². The number of hydrogen-bond donors (Lipinski definition) is 1. The van der Waals surface area contributed by atoms with Gasteiger partial charge in [0.25, 0.3) is 0 Å². The second-order valence-electron chi connectivity index (χ2n) is 3.79. The number of amides is 1. The fourth-order valence-corrected chi connectivity index (χ4v) is 1.15. The summed E-state index contributed by atoms with van der Waals surface area (Å²) in [7, 11) is 3.40. The Morgan fingerprint density at radius 3 is 2.75 bits per heavy atom. The maximum absolute atomic E-state index is 12.6. The number of nitrogens with zero attached hydrogens (tertiary/aromatic N) is 2. The highest BCUT2D eigenvalue weighted by Crippen LogP contribution is 2.08. The third-order valence-corrected chi connectivity index (χ3v) is 2.25. The zero-order chi connectivity index (χ0) is 12.1. The average molecular weight is 225 g/mol. The zero-order valence-electron chi connectivity index (χ0n) is 9.70. The van der Waals surface area contributed by atoms with Crippen LogP contribution in [0.2, 0.25) is 0 Å². The summed E-state index contributed by atoms with van der Waals surface area (Å²) in [6, 6.07) is 2.88. The van der Waals surface area contributed by atoms with E-state index in [0.29, 0.717) is 5.69 Å². The minimum absolute atomic E-state index is 0.00559. The largest absolute Gasteiger partial charge is 0.348 e. The standard InChI is InChI=1S/C11H16FN3O/c1-8(13-7-11(16)15(2)3)10-5-4-9(12)6-14-10/h4-6,8,13H,7H2,1-3H3. The van der Waals surface area contributed by atoms with Crippen LogP contribution in [0, 0.1) is 5.82 Å². The van der Waals surface area contributed by atoms with Crippen LogP contribution in [0.15, 0.2) is 18.3 Å². The molecule has 0 saturated heterocycles. The van der Waals surface area contributed by atoms with Crippen LogP contribution in [-0.4, -0.2) is 36.4 Å². The number of likely N-dealkylation sites (N-methyl/N-ethyl adjacent to an activating group) is 1. The smallest absolute Gasteiger partial charge is 0.236 e. The molecule has 1 N–H and O–H groups in total. The minimum atomic E-state index is -0.361. The van der Waals surface area contributed by atoms with E-state index in [4.69, 9.17) is 0 Å². The predicted octanol–water partition coefficient (Wildman–Crippen LogP) is 0.959. The molecule has 0 aromatic carbocycles. The van der Waals surface area contributed by atoms with Crippen molar-refractivity contribution in [3.63, 3.8) is 0 Å². The van der Waals surface area contributed by atoms with Crippen LogP contribution in [0.25, 0.3) is 0 Å². The summed E-state index contributed by atoms with van der Waals surface area (Å²) in [5.41, 5.74) is 0.716. The SMILES string of the molecule is CC(NCC(=O)N(C)C)c1ccc(F)cn1. The van der Waals surface area contributed by atoms with E-state index >= 15 is 0 Å². The van der Waals surface area contributed by atoms with Gasteiger partial charge in [0.05, 0.1) is 18.4 Å². The van der Waals surface area contributed by atoms with Crippen molar-refractivity contribution in [1.29, 1.82) is 0 Å². The normalized spacial score (nSPS) is 12.2. The first-order valence-electron chi connectivity index (χ1n) is 5.05. The van der Waals surface area contributed by atoms with Crippen LogP contribution in [0.3, 0.4) is 0 Å². The molecule has 4 nitrogen and oxygen atoms in total. The quantitative estimate of drug-likeness (QED) is 0.830. The summed E-state index contributed by atoms with van der Waals surface area (Å²) in [4.78, 5) is 16.8. The molecule has 0 saturated carbocycles. The lowest BCUT2D eigenvalue weighted by Gasteiger charge is -2.15. The van der Waals surface area contributed by atoms with Crippen molar-refractivity contribution in [3.8, 4) is 0 Å². The number of hydrogen-bond acceptors (Lipinski definition) is 3. The maximum Gasteiger partial charge on any atom is 0.236 e. The molecule has 0 spiro atoms. The number of carbonyl (C=O) groups excluding carboxylic acids is 1. The van der Waals surface area contributed by atoms with Crippen LogP contribution < -0.4 is 5.32 Å². The number of nitrogens with one attached hydrogen (secondary N) is 1. The monoisotopic (exact) mass is 225 g/mol. The van der Waals surface area contributed by atoms with E-state index in [1.54, 1.807) is 20.2 Å². The number of carbonyl (C=O) groups is 1. The maximum atomic E-state index is 12.6. The van der Waals surface area contributed by atoms with Crippen LogP contribution >= 0.6 is 0 Å². The van der Waals surface area contributed by atoms with Gasteiger partial charge in [-0.2, -0.15) is 0 Å². The molecule has 0 bridgehead atoms. The summed E-state index contributed by atoms with van der Waals surface area (Å²) in [6.45, 7) is 2.12. The molecule has 88 valence electrons. The zero-order valence-corrected chi connectivity index (χ0v) is 9.70. The Labute approximate surface area is 94.5 Å². The molecule has 0 aliphatic rings. The van der Waals surface area contributed by atoms with Gasteiger partial charge in [0, 0.05) is 20.1 Å². The second kappa shape index (κ2) is 5.55. The van der Waals surface area contributed by atoms with E-state index in [1.807, 2.05) is 6.92 Å². The fraction of sp³-hybridized carbons (Fsp3) is 0.455. The van der Waals surface area contributed by atoms with Crippen LogP contribution in [0.4, 0.5) is 4.39 Å². The van der Waals surface area contributed by atoms with Crippen molar-refractivity contribution in [2.75, 3.05) is 20.6 Å². The molecular formula is C11H16FN3O. The molecule has 1 unspecified atom stereocenters. The molecule has 16 heavy (non-hydrogen) atoms. The van der Waals surface area contributed by atoms with E-state index < -0.39 is 0 Å². The average Bonchev–Trinajstić information content (AvgIpc) is 2.26. The van der Waals surface area contributed by atoms with Gasteiger partial charge >= 0.3 is 0 Å². The van der Waals surface area contributed by atoms with E-state index in [-0.39, 0.29) is 24.3 Å². The molecule has 1 rings (SSSR count). The van der Waals surface area contributed by atoms with Gasteiger partial charge in [0.1, 0.15) is 5.82 Å². The van der Waals surface area contributed by atoms with E-state index in [0.717, 1.165) is 0 Å². The molecular weight excluding hydrogens is 209 g/mol. The highest BCUT2D eigenvalue weighted by Gasteiger charge is 2.09. The van der Waals surface area contributed by atoms with Gasteiger partial charge in [-0.25, -0.2) is 4.39 Å². The molecule has 5 heteroatoms. The summed E-state index contributed by atoms with van der Waals surface area (Å²) >= 11 is 0. The summed E-state index contributed by atoms with van der Waals surface area (Å²) < 4.78 is 12.6. The first kappa shape index (κ1) is 12.6. The highest BCUT2D eigenvalue weighted by molar-refractivity contribution is 5.77. The first-order valence-corrected chi connectivity index (χ1v) is 5.05. The third-order valence-electron chi connectivity index (χ3n) is 2.25. The van der Waals surface area contributed by atoms with Gasteiger partial charge in [0.15, 0.2) is 0 Å². The number of aromatic nitrogens is 1. The van der Waals surface area contributed by atoms with Crippen molar-refractivity contribution in [1.82, 2.24) is 15.2 Å². The van der Waals surface area contributed by atoms with Crippen molar-refractivity contribution in [2.45, 2.75) is 13.0 Å². The van der Waals surface area contributed by atoms with E-state index in [9.17, 15) is 9.18 Å². The Morgan fingerprint density at radius 2 is 2.25 bits per heavy atom. The lowest BCUT2D eigenvalue weighted by molar-refractivity contribution is -0.127. The first-order chi connectivity index (χ1) is 7.50. The van der Waals surface area contributed by atoms with Gasteiger partial charge < -0.3 is 10.2 Å². The number of rotatable bonds is 4. The Bertz CT molecular complexity index is 351. The van der Waals surface area contributed by atoms with Crippen molar-refractivity contribution in [3.05, 3.63) is 29.8 Å². The van der Waals surface area contributed by atoms with Crippen LogP contribution in [-0.2, 0) is 4.79 Å². The highest BCUT2D eigenvalue weighted by atomic mass is 19.1. The van der Waals surface area contributed by atoms with Crippen LogP contribution in [0.5, 0.6) is 0 Å². The van der Waals surface area contributed by atoms with Crippen molar-refractivity contribution >= 4 is 5.91 Å². The molecule has 0 radical (unpaired) electrons. The lowest BCUT2D eigenvalue weighted by atomic mass is 10.2. The van der Waals surface area contributed by atoms with Gasteiger partial charge in [-0.15, -0.1) is 0 Å². The predicted molar refractivity (Wildman–Crippen MR) is 59.3 cm³/mol. The molecule has 1 aromatic heterocycles. The topological polar surface area (TPSA) is 45.2 Å². The Kier molecular flexibility index (Phi) is 4.37. The third kappa shape index (κ3) is 3.58. The molecule has 1 aromatic rings. The molecule has 0 aliphatic heterocycles. The summed E-state index contributed by atoms with van der Waals surface area (Å²) in [5.74, 6) is -0.366. The lowest BCUT2D eigenvalue weighted by Crippen LogP contribution is -2.34. The summed E-state index contributed by atoms with van der Waals surface area (Å²) in [5, 5.41) is 3.02. The second-order valence-corrected chi connectivity index (χ2v) is 3.79. The molecule has 0 fully saturated rings. The molecule has 0 aliphatic carbocycles. The van der Waals surface area contributed by atoms with Gasteiger partial charge in [0.2, 0.25) is 5.91 Å². The fourth-order valence-electron chi connectivity index (χ4n) is 1.15. The number of pyridine rings is 1.